The summed E-state index contributed by atoms with van der Waals surface area (Å²) in [7, 11) is 3.86. The molecular weight excluding hydrogens is 357 g/mol. The molecule has 0 aliphatic heterocycles. The summed E-state index contributed by atoms with van der Waals surface area (Å²) < 4.78 is 15.2. The first-order valence-electron chi connectivity index (χ1n) is 9.01. The molecule has 6 nitrogen and oxygen atoms in total. The lowest BCUT2D eigenvalue weighted by atomic mass is 10.1. The van der Waals surface area contributed by atoms with Crippen LogP contribution >= 0.6 is 0 Å². The van der Waals surface area contributed by atoms with E-state index >= 15 is 0 Å². The van der Waals surface area contributed by atoms with Crippen molar-refractivity contribution in [3.05, 3.63) is 71.1 Å². The summed E-state index contributed by atoms with van der Waals surface area (Å²) >= 11 is 0. The third kappa shape index (κ3) is 3.38. The molecule has 0 saturated heterocycles. The molecule has 0 unspecified atom stereocenters. The third-order valence-electron chi connectivity index (χ3n) is 4.61. The van der Waals surface area contributed by atoms with Gasteiger partial charge in [-0.1, -0.05) is 12.2 Å². The molecule has 4 rings (SSSR count). The van der Waals surface area contributed by atoms with Crippen LogP contribution in [0.2, 0.25) is 0 Å². The first-order valence-corrected chi connectivity index (χ1v) is 9.01. The number of allylic oxidation sites excluding steroid dienone is 4. The summed E-state index contributed by atoms with van der Waals surface area (Å²) in [5.41, 5.74) is 2.58. The second-order valence-electron chi connectivity index (χ2n) is 6.81. The van der Waals surface area contributed by atoms with Gasteiger partial charge in [0.05, 0.1) is 34.7 Å². The van der Waals surface area contributed by atoms with Gasteiger partial charge in [0.2, 0.25) is 5.95 Å². The van der Waals surface area contributed by atoms with Gasteiger partial charge in [-0.2, -0.15) is 0 Å². The molecule has 142 valence electrons. The lowest BCUT2D eigenvalue weighted by Crippen LogP contribution is -2.24. The van der Waals surface area contributed by atoms with E-state index in [2.05, 4.69) is 15.3 Å². The van der Waals surface area contributed by atoms with Gasteiger partial charge in [0.15, 0.2) is 0 Å². The van der Waals surface area contributed by atoms with Gasteiger partial charge < -0.3 is 10.2 Å². The second kappa shape index (κ2) is 7.26. The van der Waals surface area contributed by atoms with Gasteiger partial charge >= 0.3 is 0 Å². The van der Waals surface area contributed by atoms with E-state index in [-0.39, 0.29) is 10.9 Å². The predicted octanol–water partition coefficient (Wildman–Crippen LogP) is 3.93. The molecule has 0 radical (unpaired) electrons. The Hall–Kier alpha value is -3.48. The largest absolute Gasteiger partial charge is 0.376 e. The summed E-state index contributed by atoms with van der Waals surface area (Å²) in [5.74, 6) is -0.0811. The standard InChI is InChI=1S/C21H20FN5O/c1-26(2)17-11-15(12-23-13-17)24-21-25-19-9-8-14(22)10-18(19)20(28)27(21)16-6-4-3-5-7-16/h3-4,6,8-13H,5,7H2,1-2H3,(H,24,25). The Morgan fingerprint density at radius 3 is 2.82 bits per heavy atom. The van der Waals surface area contributed by atoms with Crippen molar-refractivity contribution in [2.45, 2.75) is 12.8 Å². The Kier molecular flexibility index (Phi) is 4.65. The van der Waals surface area contributed by atoms with Crippen LogP contribution in [-0.4, -0.2) is 28.6 Å². The van der Waals surface area contributed by atoms with E-state index in [0.29, 0.717) is 23.6 Å². The molecular formula is C21H20FN5O. The quantitative estimate of drug-likeness (QED) is 0.746. The van der Waals surface area contributed by atoms with Crippen LogP contribution in [0.3, 0.4) is 0 Å². The molecule has 1 aliphatic rings. The molecule has 0 saturated carbocycles. The highest BCUT2D eigenvalue weighted by atomic mass is 19.1. The summed E-state index contributed by atoms with van der Waals surface area (Å²) in [4.78, 5) is 24.0. The molecule has 7 heteroatoms. The van der Waals surface area contributed by atoms with E-state index in [4.69, 9.17) is 0 Å². The van der Waals surface area contributed by atoms with Gasteiger partial charge in [-0.15, -0.1) is 0 Å². The minimum absolute atomic E-state index is 0.251. The molecule has 2 heterocycles. The lowest BCUT2D eigenvalue weighted by Gasteiger charge is -2.19. The number of anilines is 3. The maximum absolute atomic E-state index is 13.7. The fourth-order valence-electron chi connectivity index (χ4n) is 3.15. The summed E-state index contributed by atoms with van der Waals surface area (Å²) in [6.45, 7) is 0. The van der Waals surface area contributed by atoms with E-state index in [1.807, 2.05) is 43.3 Å². The van der Waals surface area contributed by atoms with E-state index in [1.165, 1.54) is 22.8 Å². The summed E-state index contributed by atoms with van der Waals surface area (Å²) in [5, 5.41) is 3.47. The Morgan fingerprint density at radius 1 is 1.21 bits per heavy atom. The number of benzene rings is 1. The van der Waals surface area contributed by atoms with Crippen molar-refractivity contribution < 1.29 is 4.39 Å². The highest BCUT2D eigenvalue weighted by molar-refractivity contribution is 5.81. The summed E-state index contributed by atoms with van der Waals surface area (Å²) in [6, 6.07) is 5.98. The molecule has 0 fully saturated rings. The minimum atomic E-state index is -0.459. The highest BCUT2D eigenvalue weighted by Crippen LogP contribution is 2.25. The number of pyridine rings is 1. The molecule has 1 N–H and O–H groups in total. The number of hydrogen-bond acceptors (Lipinski definition) is 5. The van der Waals surface area contributed by atoms with Gasteiger partial charge in [-0.3, -0.25) is 9.78 Å². The van der Waals surface area contributed by atoms with E-state index < -0.39 is 5.82 Å². The summed E-state index contributed by atoms with van der Waals surface area (Å²) in [6.07, 6.45) is 10.8. The molecule has 0 spiro atoms. The number of aromatic nitrogens is 3. The predicted molar refractivity (Wildman–Crippen MR) is 110 cm³/mol. The van der Waals surface area contributed by atoms with Gasteiger partial charge in [0.25, 0.3) is 5.56 Å². The first kappa shape index (κ1) is 17.9. The zero-order valence-corrected chi connectivity index (χ0v) is 15.7. The Bertz CT molecular complexity index is 1160. The zero-order valence-electron chi connectivity index (χ0n) is 15.7. The average Bonchev–Trinajstić information content (AvgIpc) is 2.70. The Morgan fingerprint density at radius 2 is 2.07 bits per heavy atom. The van der Waals surface area contributed by atoms with Crippen molar-refractivity contribution in [1.82, 2.24) is 14.5 Å². The van der Waals surface area contributed by atoms with Gasteiger partial charge in [-0.25, -0.2) is 13.9 Å². The van der Waals surface area contributed by atoms with Crippen molar-refractivity contribution >= 4 is 33.9 Å². The number of halogens is 1. The molecule has 28 heavy (non-hydrogen) atoms. The number of rotatable bonds is 4. The van der Waals surface area contributed by atoms with Crippen LogP contribution in [0, 0.1) is 5.82 Å². The van der Waals surface area contributed by atoms with Crippen molar-refractivity contribution in [3.63, 3.8) is 0 Å². The zero-order chi connectivity index (χ0) is 19.7. The van der Waals surface area contributed by atoms with Gasteiger partial charge in [0, 0.05) is 19.8 Å². The maximum atomic E-state index is 13.7. The Balaban J connectivity index is 1.90. The third-order valence-corrected chi connectivity index (χ3v) is 4.61. The normalized spacial score (nSPS) is 13.5. The molecule has 2 aromatic heterocycles. The number of fused-ring (bicyclic) bond motifs is 1. The molecule has 0 atom stereocenters. The fraction of sp³-hybridized carbons (Fsp3) is 0.190. The van der Waals surface area contributed by atoms with Crippen molar-refractivity contribution in [2.24, 2.45) is 0 Å². The van der Waals surface area contributed by atoms with Crippen molar-refractivity contribution in [2.75, 3.05) is 24.3 Å². The highest BCUT2D eigenvalue weighted by Gasteiger charge is 2.16. The number of hydrogen-bond donors (Lipinski definition) is 1. The van der Waals surface area contributed by atoms with Crippen LogP contribution in [0.5, 0.6) is 0 Å². The van der Waals surface area contributed by atoms with Crippen LogP contribution < -0.4 is 15.8 Å². The lowest BCUT2D eigenvalue weighted by molar-refractivity contribution is 0.629. The maximum Gasteiger partial charge on any atom is 0.267 e. The number of nitrogens with zero attached hydrogens (tertiary/aromatic N) is 4. The van der Waals surface area contributed by atoms with E-state index in [1.54, 1.807) is 12.4 Å². The Labute approximate surface area is 161 Å². The van der Waals surface area contributed by atoms with Crippen LogP contribution in [0.1, 0.15) is 12.8 Å². The average molecular weight is 377 g/mol. The second-order valence-corrected chi connectivity index (χ2v) is 6.81. The van der Waals surface area contributed by atoms with Crippen molar-refractivity contribution in [1.29, 1.82) is 0 Å². The van der Waals surface area contributed by atoms with Crippen molar-refractivity contribution in [3.8, 4) is 0 Å². The molecule has 3 aromatic rings. The van der Waals surface area contributed by atoms with Crippen LogP contribution in [0.15, 0.2) is 59.7 Å². The number of nitrogens with one attached hydrogen (secondary N) is 1. The fourth-order valence-corrected chi connectivity index (χ4v) is 3.15. The van der Waals surface area contributed by atoms with Crippen LogP contribution in [0.4, 0.5) is 21.7 Å². The molecule has 0 bridgehead atoms. The molecule has 1 aliphatic carbocycles. The van der Waals surface area contributed by atoms with Crippen LogP contribution in [-0.2, 0) is 0 Å². The smallest absolute Gasteiger partial charge is 0.267 e. The monoisotopic (exact) mass is 377 g/mol. The first-order chi connectivity index (χ1) is 13.5. The molecule has 1 aromatic carbocycles. The van der Waals surface area contributed by atoms with E-state index in [9.17, 15) is 9.18 Å². The van der Waals surface area contributed by atoms with Gasteiger partial charge in [0.1, 0.15) is 5.82 Å². The topological polar surface area (TPSA) is 63.1 Å². The van der Waals surface area contributed by atoms with E-state index in [0.717, 1.165) is 17.8 Å². The minimum Gasteiger partial charge on any atom is -0.376 e. The van der Waals surface area contributed by atoms with Crippen LogP contribution in [0.25, 0.3) is 16.6 Å². The van der Waals surface area contributed by atoms with Gasteiger partial charge in [-0.05, 0) is 43.2 Å². The molecule has 0 amide bonds. The SMILES string of the molecule is CN(C)c1cncc(Nc2nc3ccc(F)cc3c(=O)n2C2=CC=CCC2)c1.